The normalized spacial score (nSPS) is 16.4. The van der Waals surface area contributed by atoms with E-state index < -0.39 is 5.82 Å². The van der Waals surface area contributed by atoms with Crippen LogP contribution >= 0.6 is 0 Å². The summed E-state index contributed by atoms with van der Waals surface area (Å²) in [7, 11) is 1.66. The number of anilines is 1. The Balaban J connectivity index is 1.49. The molecule has 0 bridgehead atoms. The summed E-state index contributed by atoms with van der Waals surface area (Å²) in [5.74, 6) is 0.940. The topological polar surface area (TPSA) is 99.2 Å². The van der Waals surface area contributed by atoms with Gasteiger partial charge >= 0.3 is 0 Å². The summed E-state index contributed by atoms with van der Waals surface area (Å²) in [6.45, 7) is 3.41. The van der Waals surface area contributed by atoms with Crippen LogP contribution in [0.5, 0.6) is 0 Å². The largest absolute Gasteiger partial charge is 0.372 e. The van der Waals surface area contributed by atoms with E-state index in [1.807, 2.05) is 29.2 Å². The molecule has 1 aliphatic heterocycles. The maximum absolute atomic E-state index is 14.3. The third-order valence-corrected chi connectivity index (χ3v) is 5.76. The third-order valence-electron chi connectivity index (χ3n) is 5.76. The van der Waals surface area contributed by atoms with Gasteiger partial charge in [-0.1, -0.05) is 23.4 Å². The number of ether oxygens (including phenoxy) is 1. The number of pyridine rings is 1. The average molecular weight is 462 g/mol. The molecular weight excluding hydrogens is 439 g/mol. The van der Waals surface area contributed by atoms with E-state index in [1.165, 1.54) is 22.9 Å². The highest BCUT2D eigenvalue weighted by molar-refractivity contribution is 5.60. The van der Waals surface area contributed by atoms with E-state index in [4.69, 9.17) is 9.26 Å². The van der Waals surface area contributed by atoms with Crippen LogP contribution in [-0.4, -0.2) is 44.4 Å². The van der Waals surface area contributed by atoms with Crippen LogP contribution in [0.15, 0.2) is 58.1 Å². The first-order valence-electron chi connectivity index (χ1n) is 10.9. The molecular formula is C24H23FN6O3. The number of nitrogens with zero attached hydrogens (tertiary/aromatic N) is 6. The van der Waals surface area contributed by atoms with Gasteiger partial charge in [-0.15, -0.1) is 0 Å². The number of benzene rings is 1. The molecule has 0 N–H and O–H groups in total. The van der Waals surface area contributed by atoms with Crippen LogP contribution in [-0.2, 0) is 11.8 Å². The highest BCUT2D eigenvalue weighted by atomic mass is 19.1. The smallest absolute Gasteiger partial charge is 0.255 e. The van der Waals surface area contributed by atoms with Crippen molar-refractivity contribution in [2.75, 3.05) is 24.6 Å². The number of halogens is 1. The first-order valence-corrected chi connectivity index (χ1v) is 10.9. The van der Waals surface area contributed by atoms with E-state index in [9.17, 15) is 9.18 Å². The van der Waals surface area contributed by atoms with Crippen molar-refractivity contribution in [3.8, 4) is 22.6 Å². The van der Waals surface area contributed by atoms with Crippen molar-refractivity contribution >= 4 is 5.95 Å². The third kappa shape index (κ3) is 4.32. The molecule has 0 aliphatic carbocycles. The Morgan fingerprint density at radius 2 is 2.06 bits per heavy atom. The molecule has 1 aliphatic rings. The maximum atomic E-state index is 14.3. The molecule has 34 heavy (non-hydrogen) atoms. The zero-order valence-corrected chi connectivity index (χ0v) is 18.8. The fourth-order valence-corrected chi connectivity index (χ4v) is 4.03. The summed E-state index contributed by atoms with van der Waals surface area (Å²) in [5, 5.41) is 4.00. The SMILES string of the molecule is Cc1nc(-c2cccc(C3CN(c4nc(-c5ccncc5F)cc(=O)n4C)CCCO3)c2)no1. The standard InChI is InChI=1S/C24H23FN6O3/c1-15-27-23(29-34-15)17-6-3-5-16(11-17)21-14-31(9-4-10-33-21)24-28-20(12-22(32)30(24)2)18-7-8-26-13-19(18)25/h3,5-8,11-13,21H,4,9-10,14H2,1-2H3. The Kier molecular flexibility index (Phi) is 5.89. The van der Waals surface area contributed by atoms with Gasteiger partial charge < -0.3 is 14.2 Å². The van der Waals surface area contributed by atoms with E-state index in [0.29, 0.717) is 37.4 Å². The number of aryl methyl sites for hydroxylation is 1. The van der Waals surface area contributed by atoms with Gasteiger partial charge in [0.25, 0.3) is 5.56 Å². The Bertz CT molecular complexity index is 1390. The summed E-state index contributed by atoms with van der Waals surface area (Å²) < 4.78 is 27.1. The molecule has 10 heteroatoms. The van der Waals surface area contributed by atoms with Gasteiger partial charge in [-0.05, 0) is 24.1 Å². The molecule has 3 aromatic heterocycles. The Hall–Kier alpha value is -3.92. The van der Waals surface area contributed by atoms with Crippen LogP contribution < -0.4 is 10.5 Å². The minimum atomic E-state index is -0.528. The first-order chi connectivity index (χ1) is 16.5. The van der Waals surface area contributed by atoms with Gasteiger partial charge in [0.2, 0.25) is 17.7 Å². The van der Waals surface area contributed by atoms with E-state index in [-0.39, 0.29) is 22.9 Å². The van der Waals surface area contributed by atoms with Gasteiger partial charge in [-0.2, -0.15) is 4.98 Å². The quantitative estimate of drug-likeness (QED) is 0.456. The van der Waals surface area contributed by atoms with Crippen molar-refractivity contribution in [2.45, 2.75) is 19.4 Å². The lowest BCUT2D eigenvalue weighted by Crippen LogP contribution is -2.34. The second-order valence-electron chi connectivity index (χ2n) is 8.12. The summed E-state index contributed by atoms with van der Waals surface area (Å²) in [6, 6.07) is 10.7. The van der Waals surface area contributed by atoms with E-state index >= 15 is 0 Å². The molecule has 1 fully saturated rings. The second kappa shape index (κ2) is 9.14. The summed E-state index contributed by atoms with van der Waals surface area (Å²) in [4.78, 5) is 27.5. The van der Waals surface area contributed by atoms with Crippen molar-refractivity contribution in [1.29, 1.82) is 0 Å². The predicted octanol–water partition coefficient (Wildman–Crippen LogP) is 3.31. The molecule has 4 heterocycles. The van der Waals surface area contributed by atoms with Crippen molar-refractivity contribution in [2.24, 2.45) is 7.05 Å². The maximum Gasteiger partial charge on any atom is 0.255 e. The zero-order valence-electron chi connectivity index (χ0n) is 18.8. The van der Waals surface area contributed by atoms with E-state index in [0.717, 1.165) is 23.7 Å². The molecule has 9 nitrogen and oxygen atoms in total. The van der Waals surface area contributed by atoms with Gasteiger partial charge in [0, 0.05) is 50.5 Å². The van der Waals surface area contributed by atoms with Crippen molar-refractivity contribution in [3.63, 3.8) is 0 Å². The van der Waals surface area contributed by atoms with Gasteiger partial charge in [0.1, 0.15) is 6.10 Å². The van der Waals surface area contributed by atoms with Gasteiger partial charge in [-0.25, -0.2) is 9.37 Å². The summed E-state index contributed by atoms with van der Waals surface area (Å²) >= 11 is 0. The highest BCUT2D eigenvalue weighted by Gasteiger charge is 2.24. The fraction of sp³-hybridized carbons (Fsp3) is 0.292. The molecule has 174 valence electrons. The lowest BCUT2D eigenvalue weighted by atomic mass is 10.1. The molecule has 1 aromatic carbocycles. The Labute approximate surface area is 194 Å². The Morgan fingerprint density at radius 3 is 2.85 bits per heavy atom. The monoisotopic (exact) mass is 462 g/mol. The van der Waals surface area contributed by atoms with Crippen LogP contribution in [0.25, 0.3) is 22.6 Å². The van der Waals surface area contributed by atoms with Crippen molar-refractivity contribution in [1.82, 2.24) is 24.7 Å². The number of hydrogen-bond donors (Lipinski definition) is 0. The lowest BCUT2D eigenvalue weighted by Gasteiger charge is -2.27. The van der Waals surface area contributed by atoms with Crippen LogP contribution in [0.4, 0.5) is 10.3 Å². The average Bonchev–Trinajstić information content (AvgIpc) is 3.13. The summed E-state index contributed by atoms with van der Waals surface area (Å²) in [5.41, 5.74) is 2.02. The highest BCUT2D eigenvalue weighted by Crippen LogP contribution is 2.28. The van der Waals surface area contributed by atoms with E-state index in [1.54, 1.807) is 14.0 Å². The molecule has 1 unspecified atom stereocenters. The van der Waals surface area contributed by atoms with Gasteiger partial charge in [-0.3, -0.25) is 14.3 Å². The van der Waals surface area contributed by atoms with Crippen LogP contribution in [0.1, 0.15) is 24.0 Å². The molecule has 0 radical (unpaired) electrons. The molecule has 4 aromatic rings. The number of rotatable bonds is 4. The molecule has 5 rings (SSSR count). The molecule has 0 spiro atoms. The van der Waals surface area contributed by atoms with Crippen LogP contribution in [0.2, 0.25) is 0 Å². The number of aromatic nitrogens is 5. The van der Waals surface area contributed by atoms with Crippen LogP contribution in [0.3, 0.4) is 0 Å². The van der Waals surface area contributed by atoms with E-state index in [2.05, 4.69) is 20.1 Å². The first kappa shape index (κ1) is 21.9. The molecule has 0 amide bonds. The Morgan fingerprint density at radius 1 is 1.18 bits per heavy atom. The van der Waals surface area contributed by atoms with Crippen molar-refractivity contribution < 1.29 is 13.7 Å². The second-order valence-corrected chi connectivity index (χ2v) is 8.12. The lowest BCUT2D eigenvalue weighted by molar-refractivity contribution is 0.0686. The minimum absolute atomic E-state index is 0.236. The predicted molar refractivity (Wildman–Crippen MR) is 123 cm³/mol. The summed E-state index contributed by atoms with van der Waals surface area (Å²) in [6.07, 6.45) is 3.07. The number of hydrogen-bond acceptors (Lipinski definition) is 8. The van der Waals surface area contributed by atoms with Gasteiger partial charge in [0.15, 0.2) is 5.82 Å². The molecule has 0 saturated carbocycles. The molecule has 1 atom stereocenters. The van der Waals surface area contributed by atoms with Crippen LogP contribution in [0, 0.1) is 12.7 Å². The van der Waals surface area contributed by atoms with Gasteiger partial charge in [0.05, 0.1) is 18.4 Å². The zero-order chi connectivity index (χ0) is 23.7. The minimum Gasteiger partial charge on any atom is -0.372 e. The van der Waals surface area contributed by atoms with Crippen molar-refractivity contribution in [3.05, 3.63) is 76.4 Å². The molecule has 1 saturated heterocycles. The fourth-order valence-electron chi connectivity index (χ4n) is 4.03.